The fourth-order valence-electron chi connectivity index (χ4n) is 2.42. The Bertz CT molecular complexity index is 182. The molecule has 1 aliphatic rings. The van der Waals surface area contributed by atoms with E-state index in [9.17, 15) is 0 Å². The van der Waals surface area contributed by atoms with Gasteiger partial charge in [-0.15, -0.1) is 0 Å². The first kappa shape index (κ1) is 12.9. The van der Waals surface area contributed by atoms with Crippen molar-refractivity contribution in [3.63, 3.8) is 0 Å². The maximum atomic E-state index is 5.54. The quantitative estimate of drug-likeness (QED) is 0.702. The highest BCUT2D eigenvalue weighted by atomic mass is 16.5. The smallest absolute Gasteiger partial charge is 0.0645 e. The number of hydrogen-bond acceptors (Lipinski definition) is 3. The molecule has 0 aromatic heterocycles. The second-order valence-corrected chi connectivity index (χ2v) is 5.15. The molecule has 1 rings (SSSR count). The van der Waals surface area contributed by atoms with Crippen molar-refractivity contribution in [3.05, 3.63) is 0 Å². The molecule has 1 atom stereocenters. The molecule has 0 radical (unpaired) electrons. The summed E-state index contributed by atoms with van der Waals surface area (Å²) >= 11 is 0. The normalized spacial score (nSPS) is 24.0. The number of ether oxygens (including phenoxy) is 1. The Morgan fingerprint density at radius 1 is 1.47 bits per heavy atom. The Morgan fingerprint density at radius 3 is 2.80 bits per heavy atom. The van der Waals surface area contributed by atoms with E-state index in [0.717, 1.165) is 26.3 Å². The largest absolute Gasteiger partial charge is 0.378 e. The van der Waals surface area contributed by atoms with E-state index in [1.807, 2.05) is 7.05 Å². The van der Waals surface area contributed by atoms with Crippen LogP contribution in [0.2, 0.25) is 0 Å². The predicted molar refractivity (Wildman–Crippen MR) is 64.2 cm³/mol. The molecule has 3 nitrogen and oxygen atoms in total. The monoisotopic (exact) mass is 214 g/mol. The van der Waals surface area contributed by atoms with Crippen molar-refractivity contribution in [3.8, 4) is 0 Å². The number of rotatable bonds is 5. The van der Waals surface area contributed by atoms with Crippen molar-refractivity contribution in [2.45, 2.75) is 45.2 Å². The molecule has 0 saturated carbocycles. The summed E-state index contributed by atoms with van der Waals surface area (Å²) in [5, 5.41) is 3.20. The van der Waals surface area contributed by atoms with Gasteiger partial charge in [0.1, 0.15) is 0 Å². The molecule has 1 heterocycles. The van der Waals surface area contributed by atoms with Crippen LogP contribution in [0.3, 0.4) is 0 Å². The second kappa shape index (κ2) is 5.83. The zero-order valence-electron chi connectivity index (χ0n) is 10.7. The Balaban J connectivity index is 2.38. The molecule has 1 aliphatic heterocycles. The molecule has 0 spiro atoms. The van der Waals surface area contributed by atoms with Gasteiger partial charge in [0.25, 0.3) is 0 Å². The Kier molecular flexibility index (Phi) is 5.03. The number of morpholine rings is 1. The van der Waals surface area contributed by atoms with E-state index in [2.05, 4.69) is 31.0 Å². The Morgan fingerprint density at radius 2 is 2.20 bits per heavy atom. The van der Waals surface area contributed by atoms with Crippen molar-refractivity contribution in [2.24, 2.45) is 0 Å². The highest BCUT2D eigenvalue weighted by Crippen LogP contribution is 2.23. The van der Waals surface area contributed by atoms with Crippen LogP contribution in [-0.2, 0) is 4.74 Å². The molecule has 0 aromatic carbocycles. The summed E-state index contributed by atoms with van der Waals surface area (Å²) in [5.41, 5.74) is 0.206. The van der Waals surface area contributed by atoms with Crippen molar-refractivity contribution in [1.29, 1.82) is 0 Å². The van der Waals surface area contributed by atoms with Gasteiger partial charge in [0.05, 0.1) is 13.2 Å². The van der Waals surface area contributed by atoms with E-state index in [1.165, 1.54) is 12.8 Å². The van der Waals surface area contributed by atoms with Crippen LogP contribution in [0.5, 0.6) is 0 Å². The molecular formula is C12H26N2O. The van der Waals surface area contributed by atoms with Crippen LogP contribution in [0.4, 0.5) is 0 Å². The van der Waals surface area contributed by atoms with E-state index >= 15 is 0 Å². The molecule has 1 N–H and O–H groups in total. The average molecular weight is 214 g/mol. The van der Waals surface area contributed by atoms with Gasteiger partial charge in [0.2, 0.25) is 0 Å². The summed E-state index contributed by atoms with van der Waals surface area (Å²) in [6.07, 6.45) is 2.52. The van der Waals surface area contributed by atoms with Crippen LogP contribution in [0.25, 0.3) is 0 Å². The molecule has 1 saturated heterocycles. The first-order chi connectivity index (χ1) is 7.08. The van der Waals surface area contributed by atoms with E-state index < -0.39 is 0 Å². The number of hydrogen-bond donors (Lipinski definition) is 1. The zero-order chi connectivity index (χ0) is 11.3. The van der Waals surface area contributed by atoms with Crippen molar-refractivity contribution < 1.29 is 4.74 Å². The van der Waals surface area contributed by atoms with Crippen LogP contribution >= 0.6 is 0 Å². The molecular weight excluding hydrogens is 188 g/mol. The molecule has 15 heavy (non-hydrogen) atoms. The van der Waals surface area contributed by atoms with Crippen LogP contribution in [-0.4, -0.2) is 49.8 Å². The number of nitrogens with one attached hydrogen (secondary N) is 1. The van der Waals surface area contributed by atoms with E-state index in [0.29, 0.717) is 6.04 Å². The van der Waals surface area contributed by atoms with Gasteiger partial charge in [-0.2, -0.15) is 0 Å². The summed E-state index contributed by atoms with van der Waals surface area (Å²) in [4.78, 5) is 2.59. The second-order valence-electron chi connectivity index (χ2n) is 5.15. The Hall–Kier alpha value is -0.120. The van der Waals surface area contributed by atoms with Crippen LogP contribution in [0.1, 0.15) is 33.6 Å². The minimum absolute atomic E-state index is 0.206. The lowest BCUT2D eigenvalue weighted by Crippen LogP contribution is -2.56. The lowest BCUT2D eigenvalue weighted by atomic mass is 9.98. The maximum Gasteiger partial charge on any atom is 0.0645 e. The van der Waals surface area contributed by atoms with Gasteiger partial charge in [-0.1, -0.05) is 0 Å². The third-order valence-electron chi connectivity index (χ3n) is 3.29. The minimum atomic E-state index is 0.206. The molecule has 90 valence electrons. The lowest BCUT2D eigenvalue weighted by molar-refractivity contribution is -0.0701. The number of nitrogens with zero attached hydrogens (tertiary/aromatic N) is 1. The fraction of sp³-hybridized carbons (Fsp3) is 1.00. The Labute approximate surface area is 94.2 Å². The first-order valence-electron chi connectivity index (χ1n) is 6.07. The summed E-state index contributed by atoms with van der Waals surface area (Å²) in [5.74, 6) is 0. The van der Waals surface area contributed by atoms with Crippen LogP contribution in [0, 0.1) is 0 Å². The van der Waals surface area contributed by atoms with Gasteiger partial charge < -0.3 is 10.1 Å². The summed E-state index contributed by atoms with van der Waals surface area (Å²) < 4.78 is 5.54. The summed E-state index contributed by atoms with van der Waals surface area (Å²) in [6, 6.07) is 0.664. The summed E-state index contributed by atoms with van der Waals surface area (Å²) in [6.45, 7) is 10.8. The summed E-state index contributed by atoms with van der Waals surface area (Å²) in [7, 11) is 2.02. The van der Waals surface area contributed by atoms with Crippen molar-refractivity contribution >= 4 is 0 Å². The molecule has 1 fully saturated rings. The highest BCUT2D eigenvalue weighted by molar-refractivity contribution is 4.87. The van der Waals surface area contributed by atoms with Gasteiger partial charge >= 0.3 is 0 Å². The van der Waals surface area contributed by atoms with Gasteiger partial charge in [-0.25, -0.2) is 0 Å². The van der Waals surface area contributed by atoms with E-state index in [4.69, 9.17) is 4.74 Å². The van der Waals surface area contributed by atoms with Gasteiger partial charge in [-0.3, -0.25) is 4.90 Å². The third-order valence-corrected chi connectivity index (χ3v) is 3.29. The molecule has 3 heteroatoms. The van der Waals surface area contributed by atoms with Crippen molar-refractivity contribution in [1.82, 2.24) is 10.2 Å². The van der Waals surface area contributed by atoms with Gasteiger partial charge in [0, 0.05) is 18.1 Å². The maximum absolute atomic E-state index is 5.54. The molecule has 0 aliphatic carbocycles. The standard InChI is InChI=1S/C12H26N2O/c1-11(6-5-7-13-4)14-8-9-15-10-12(14,2)3/h11,13H,5-10H2,1-4H3. The van der Waals surface area contributed by atoms with Crippen LogP contribution in [0.15, 0.2) is 0 Å². The molecule has 0 bridgehead atoms. The fourth-order valence-corrected chi connectivity index (χ4v) is 2.42. The zero-order valence-corrected chi connectivity index (χ0v) is 10.7. The van der Waals surface area contributed by atoms with E-state index in [-0.39, 0.29) is 5.54 Å². The third kappa shape index (κ3) is 3.74. The highest BCUT2D eigenvalue weighted by Gasteiger charge is 2.33. The minimum Gasteiger partial charge on any atom is -0.378 e. The molecule has 0 amide bonds. The average Bonchev–Trinajstić information content (AvgIpc) is 2.17. The van der Waals surface area contributed by atoms with Crippen LogP contribution < -0.4 is 5.32 Å². The molecule has 1 unspecified atom stereocenters. The topological polar surface area (TPSA) is 24.5 Å². The predicted octanol–water partition coefficient (Wildman–Crippen LogP) is 1.49. The van der Waals surface area contributed by atoms with Gasteiger partial charge in [0.15, 0.2) is 0 Å². The van der Waals surface area contributed by atoms with Crippen molar-refractivity contribution in [2.75, 3.05) is 33.4 Å². The SMILES string of the molecule is CNCCCC(C)N1CCOCC1(C)C. The lowest BCUT2D eigenvalue weighted by Gasteiger charge is -2.45. The molecule has 0 aromatic rings. The van der Waals surface area contributed by atoms with Gasteiger partial charge in [-0.05, 0) is 47.2 Å². The van der Waals surface area contributed by atoms with E-state index in [1.54, 1.807) is 0 Å². The first-order valence-corrected chi connectivity index (χ1v) is 6.07.